The summed E-state index contributed by atoms with van der Waals surface area (Å²) in [5.41, 5.74) is 3.04. The fourth-order valence-corrected chi connectivity index (χ4v) is 3.94. The Morgan fingerprint density at radius 2 is 1.90 bits per heavy atom. The Morgan fingerprint density at radius 3 is 2.70 bits per heavy atom. The number of halogens is 4. The number of benzene rings is 2. The summed E-state index contributed by atoms with van der Waals surface area (Å²) in [5.74, 6) is 0.876. The van der Waals surface area contributed by atoms with Gasteiger partial charge < -0.3 is 4.74 Å². The van der Waals surface area contributed by atoms with Gasteiger partial charge >= 0.3 is 0 Å². The van der Waals surface area contributed by atoms with Crippen LogP contribution in [-0.2, 0) is 6.42 Å². The van der Waals surface area contributed by atoms with Gasteiger partial charge in [-0.2, -0.15) is 0 Å². The van der Waals surface area contributed by atoms with Crippen molar-refractivity contribution in [2.75, 3.05) is 6.61 Å². The number of hydrogen-bond acceptors (Lipinski definition) is 1. The Labute approximate surface area is 144 Å². The van der Waals surface area contributed by atoms with E-state index in [1.807, 2.05) is 30.3 Å². The first-order valence-corrected chi connectivity index (χ1v) is 8.50. The van der Waals surface area contributed by atoms with Crippen molar-refractivity contribution in [1.29, 1.82) is 0 Å². The SMILES string of the molecule is Clc1cc2c(c(C(Cl)c3cc(Br)ccc3Br)c1)OCC2. The van der Waals surface area contributed by atoms with Crippen LogP contribution in [0.5, 0.6) is 5.75 Å². The Kier molecular flexibility index (Phi) is 4.32. The lowest BCUT2D eigenvalue weighted by molar-refractivity contribution is 0.353. The van der Waals surface area contributed by atoms with Crippen LogP contribution in [0.25, 0.3) is 0 Å². The Balaban J connectivity index is 2.11. The summed E-state index contributed by atoms with van der Waals surface area (Å²) in [7, 11) is 0. The molecule has 0 saturated heterocycles. The van der Waals surface area contributed by atoms with Crippen LogP contribution < -0.4 is 4.74 Å². The number of fused-ring (bicyclic) bond motifs is 1. The second kappa shape index (κ2) is 5.88. The van der Waals surface area contributed by atoms with Gasteiger partial charge in [0.15, 0.2) is 0 Å². The van der Waals surface area contributed by atoms with Crippen LogP contribution in [0.2, 0.25) is 5.02 Å². The number of alkyl halides is 1. The van der Waals surface area contributed by atoms with Gasteiger partial charge in [-0.15, -0.1) is 11.6 Å². The molecule has 20 heavy (non-hydrogen) atoms. The molecule has 0 fully saturated rings. The van der Waals surface area contributed by atoms with E-state index in [0.29, 0.717) is 11.6 Å². The fraction of sp³-hybridized carbons (Fsp3) is 0.200. The Morgan fingerprint density at radius 1 is 1.10 bits per heavy atom. The van der Waals surface area contributed by atoms with Crippen molar-refractivity contribution in [3.05, 3.63) is 61.0 Å². The highest BCUT2D eigenvalue weighted by molar-refractivity contribution is 9.11. The molecule has 2 aromatic carbocycles. The second-order valence-electron chi connectivity index (χ2n) is 4.61. The number of ether oxygens (including phenoxy) is 1. The molecule has 0 radical (unpaired) electrons. The van der Waals surface area contributed by atoms with Crippen molar-refractivity contribution in [2.45, 2.75) is 11.8 Å². The standard InChI is InChI=1S/C15H10Br2Cl2O/c16-9-1-2-13(17)11(6-9)14(19)12-7-10(18)5-8-3-4-20-15(8)12/h1-2,5-7,14H,3-4H2. The molecule has 0 bridgehead atoms. The van der Waals surface area contributed by atoms with Crippen LogP contribution in [0.1, 0.15) is 22.1 Å². The van der Waals surface area contributed by atoms with E-state index in [4.69, 9.17) is 27.9 Å². The van der Waals surface area contributed by atoms with Crippen molar-refractivity contribution < 1.29 is 4.74 Å². The summed E-state index contributed by atoms with van der Waals surface area (Å²) in [5, 5.41) is 0.383. The maximum Gasteiger partial charge on any atom is 0.127 e. The number of hydrogen-bond donors (Lipinski definition) is 0. The second-order valence-corrected chi connectivity index (χ2v) is 7.25. The van der Waals surface area contributed by atoms with Crippen molar-refractivity contribution in [3.8, 4) is 5.75 Å². The number of rotatable bonds is 2. The third-order valence-electron chi connectivity index (χ3n) is 3.28. The summed E-state index contributed by atoms with van der Waals surface area (Å²) < 4.78 is 7.68. The average Bonchev–Trinajstić information content (AvgIpc) is 2.87. The lowest BCUT2D eigenvalue weighted by Gasteiger charge is -2.16. The molecule has 104 valence electrons. The summed E-state index contributed by atoms with van der Waals surface area (Å²) >= 11 is 19.9. The first-order valence-electron chi connectivity index (χ1n) is 6.10. The van der Waals surface area contributed by atoms with E-state index < -0.39 is 0 Å². The molecule has 0 aromatic heterocycles. The van der Waals surface area contributed by atoms with E-state index in [0.717, 1.165) is 37.8 Å². The van der Waals surface area contributed by atoms with Crippen molar-refractivity contribution in [2.24, 2.45) is 0 Å². The molecule has 3 rings (SSSR count). The molecule has 1 aliphatic heterocycles. The Hall–Kier alpha value is -0.220. The van der Waals surface area contributed by atoms with E-state index in [2.05, 4.69) is 31.9 Å². The lowest BCUT2D eigenvalue weighted by Crippen LogP contribution is -1.98. The summed E-state index contributed by atoms with van der Waals surface area (Å²) in [6.07, 6.45) is 0.881. The highest BCUT2D eigenvalue weighted by atomic mass is 79.9. The van der Waals surface area contributed by atoms with Gasteiger partial charge in [0.05, 0.1) is 12.0 Å². The van der Waals surface area contributed by atoms with E-state index in [1.54, 1.807) is 0 Å². The van der Waals surface area contributed by atoms with E-state index in [1.165, 1.54) is 0 Å². The molecule has 1 heterocycles. The van der Waals surface area contributed by atoms with Gasteiger partial charge in [0.1, 0.15) is 5.75 Å². The van der Waals surface area contributed by atoms with Gasteiger partial charge in [0, 0.05) is 26.0 Å². The largest absolute Gasteiger partial charge is 0.493 e. The molecule has 0 N–H and O–H groups in total. The minimum atomic E-state index is -0.313. The maximum absolute atomic E-state index is 6.68. The molecule has 0 aliphatic carbocycles. The van der Waals surface area contributed by atoms with Crippen molar-refractivity contribution in [3.63, 3.8) is 0 Å². The van der Waals surface area contributed by atoms with Gasteiger partial charge in [-0.3, -0.25) is 0 Å². The van der Waals surface area contributed by atoms with Crippen LogP contribution in [0.15, 0.2) is 39.3 Å². The predicted octanol–water partition coefficient (Wildman–Crippen LogP) is 6.13. The molecule has 1 aliphatic rings. The third-order valence-corrected chi connectivity index (χ3v) is 5.19. The minimum Gasteiger partial charge on any atom is -0.493 e. The molecule has 0 spiro atoms. The summed E-state index contributed by atoms with van der Waals surface area (Å²) in [4.78, 5) is 0. The topological polar surface area (TPSA) is 9.23 Å². The van der Waals surface area contributed by atoms with E-state index >= 15 is 0 Å². The van der Waals surface area contributed by atoms with Gasteiger partial charge in [0.25, 0.3) is 0 Å². The molecule has 1 nitrogen and oxygen atoms in total. The molecule has 1 atom stereocenters. The van der Waals surface area contributed by atoms with Gasteiger partial charge in [-0.05, 0) is 41.5 Å². The molecule has 0 saturated carbocycles. The van der Waals surface area contributed by atoms with Crippen molar-refractivity contribution in [1.82, 2.24) is 0 Å². The fourth-order valence-electron chi connectivity index (χ4n) is 2.36. The molecule has 2 aromatic rings. The van der Waals surface area contributed by atoms with E-state index in [9.17, 15) is 0 Å². The normalized spacial score (nSPS) is 14.8. The zero-order valence-electron chi connectivity index (χ0n) is 10.3. The molecule has 1 unspecified atom stereocenters. The molecular formula is C15H10Br2Cl2O. The maximum atomic E-state index is 6.68. The van der Waals surface area contributed by atoms with E-state index in [-0.39, 0.29) is 5.38 Å². The van der Waals surface area contributed by atoms with Gasteiger partial charge in [-0.1, -0.05) is 43.5 Å². The zero-order chi connectivity index (χ0) is 14.3. The van der Waals surface area contributed by atoms with Crippen molar-refractivity contribution >= 4 is 55.1 Å². The quantitative estimate of drug-likeness (QED) is 0.514. The van der Waals surface area contributed by atoms with Crippen LogP contribution >= 0.6 is 55.1 Å². The highest BCUT2D eigenvalue weighted by Crippen LogP contribution is 2.43. The Bertz CT molecular complexity index is 673. The predicted molar refractivity (Wildman–Crippen MR) is 90.2 cm³/mol. The van der Waals surface area contributed by atoms with Gasteiger partial charge in [-0.25, -0.2) is 0 Å². The smallest absolute Gasteiger partial charge is 0.127 e. The average molecular weight is 437 g/mol. The third kappa shape index (κ3) is 2.74. The van der Waals surface area contributed by atoms with Crippen LogP contribution in [0, 0.1) is 0 Å². The van der Waals surface area contributed by atoms with Crippen LogP contribution in [0.3, 0.4) is 0 Å². The first kappa shape index (κ1) is 14.7. The summed E-state index contributed by atoms with van der Waals surface area (Å²) in [6.45, 7) is 0.686. The molecule has 5 heteroatoms. The molecular weight excluding hydrogens is 427 g/mol. The van der Waals surface area contributed by atoms with Crippen LogP contribution in [0.4, 0.5) is 0 Å². The minimum absolute atomic E-state index is 0.313. The summed E-state index contributed by atoms with van der Waals surface area (Å²) in [6, 6.07) is 9.78. The monoisotopic (exact) mass is 434 g/mol. The van der Waals surface area contributed by atoms with Crippen LogP contribution in [-0.4, -0.2) is 6.61 Å². The zero-order valence-corrected chi connectivity index (χ0v) is 15.0. The first-order chi connectivity index (χ1) is 9.56. The molecule has 0 amide bonds. The van der Waals surface area contributed by atoms with Gasteiger partial charge in [0.2, 0.25) is 0 Å². The highest BCUT2D eigenvalue weighted by Gasteiger charge is 2.24. The lowest BCUT2D eigenvalue weighted by atomic mass is 10.0.